The van der Waals surface area contributed by atoms with Crippen molar-refractivity contribution in [1.82, 2.24) is 0 Å². The van der Waals surface area contributed by atoms with Gasteiger partial charge in [-0.2, -0.15) is 0 Å². The van der Waals surface area contributed by atoms with Crippen LogP contribution in [0.15, 0.2) is 78.9 Å². The highest BCUT2D eigenvalue weighted by atomic mass is 31.2. The molecule has 0 amide bonds. The van der Waals surface area contributed by atoms with Gasteiger partial charge in [0.25, 0.3) is 7.37 Å². The first kappa shape index (κ1) is 17.7. The van der Waals surface area contributed by atoms with Crippen LogP contribution in [0.5, 0.6) is 0 Å². The topological polar surface area (TPSA) is 26.3 Å². The molecule has 0 aromatic heterocycles. The van der Waals surface area contributed by atoms with Gasteiger partial charge >= 0.3 is 0 Å². The molecule has 0 N–H and O–H groups in total. The summed E-state index contributed by atoms with van der Waals surface area (Å²) in [5, 5.41) is 1.44. The molecule has 0 aliphatic heterocycles. The van der Waals surface area contributed by atoms with E-state index in [9.17, 15) is 4.57 Å². The highest BCUT2D eigenvalue weighted by Crippen LogP contribution is 2.48. The van der Waals surface area contributed by atoms with Crippen molar-refractivity contribution in [2.24, 2.45) is 0 Å². The summed E-state index contributed by atoms with van der Waals surface area (Å²) in [5.74, 6) is 0. The maximum atomic E-state index is 13.9. The summed E-state index contributed by atoms with van der Waals surface area (Å²) in [6.45, 7) is 6.10. The average Bonchev–Trinajstić information content (AvgIpc) is 2.62. The zero-order chi connectivity index (χ0) is 17.9. The lowest BCUT2D eigenvalue weighted by Crippen LogP contribution is -2.19. The molecule has 0 bridgehead atoms. The summed E-state index contributed by atoms with van der Waals surface area (Å²) in [4.78, 5) is 0. The predicted molar refractivity (Wildman–Crippen MR) is 105 cm³/mol. The SMILES string of the molecule is Cc1cc(C)cc(C(C)OP(=O)(c2ccccc2)c2ccccc2)c1. The largest absolute Gasteiger partial charge is 0.314 e. The molecule has 0 saturated carbocycles. The van der Waals surface area contributed by atoms with Crippen molar-refractivity contribution < 1.29 is 9.09 Å². The second kappa shape index (κ2) is 7.39. The standard InChI is InChI=1S/C22H23O2P/c1-17-14-18(2)16-20(15-17)19(3)24-25(23,21-10-6-4-7-11-21)22-12-8-5-9-13-22/h4-16,19H,1-3H3. The van der Waals surface area contributed by atoms with E-state index in [1.807, 2.05) is 67.6 Å². The lowest BCUT2D eigenvalue weighted by molar-refractivity contribution is 0.238. The summed E-state index contributed by atoms with van der Waals surface area (Å²) >= 11 is 0. The van der Waals surface area contributed by atoms with Crippen molar-refractivity contribution in [2.75, 3.05) is 0 Å². The van der Waals surface area contributed by atoms with E-state index in [2.05, 4.69) is 32.0 Å². The smallest absolute Gasteiger partial charge is 0.261 e. The van der Waals surface area contributed by atoms with Gasteiger partial charge in [-0.15, -0.1) is 0 Å². The number of hydrogen-bond acceptors (Lipinski definition) is 2. The second-order valence-corrected chi connectivity index (χ2v) is 8.74. The van der Waals surface area contributed by atoms with Gasteiger partial charge < -0.3 is 4.52 Å². The Morgan fingerprint density at radius 1 is 0.760 bits per heavy atom. The van der Waals surface area contributed by atoms with Gasteiger partial charge in [0.1, 0.15) is 0 Å². The zero-order valence-electron chi connectivity index (χ0n) is 14.8. The molecule has 1 unspecified atom stereocenters. The molecule has 128 valence electrons. The fraction of sp³-hybridized carbons (Fsp3) is 0.182. The maximum absolute atomic E-state index is 13.9. The van der Waals surface area contributed by atoms with Crippen LogP contribution in [-0.4, -0.2) is 0 Å². The Morgan fingerprint density at radius 3 is 1.64 bits per heavy atom. The second-order valence-electron chi connectivity index (χ2n) is 6.39. The van der Waals surface area contributed by atoms with Crippen molar-refractivity contribution in [2.45, 2.75) is 26.9 Å². The lowest BCUT2D eigenvalue weighted by Gasteiger charge is -2.24. The summed E-state index contributed by atoms with van der Waals surface area (Å²) in [6.07, 6.45) is -0.273. The third-order valence-corrected chi connectivity index (χ3v) is 6.78. The molecule has 3 heteroatoms. The monoisotopic (exact) mass is 350 g/mol. The molecule has 0 saturated heterocycles. The molecule has 2 nitrogen and oxygen atoms in total. The molecule has 25 heavy (non-hydrogen) atoms. The van der Waals surface area contributed by atoms with Crippen LogP contribution in [0.3, 0.4) is 0 Å². The number of benzene rings is 3. The van der Waals surface area contributed by atoms with Crippen LogP contribution in [0.4, 0.5) is 0 Å². The quantitative estimate of drug-likeness (QED) is 0.583. The Hall–Kier alpha value is -2.15. The van der Waals surface area contributed by atoms with Crippen LogP contribution in [-0.2, 0) is 9.09 Å². The molecule has 0 aliphatic rings. The van der Waals surface area contributed by atoms with Crippen molar-refractivity contribution in [3.05, 3.63) is 95.6 Å². The molecular weight excluding hydrogens is 327 g/mol. The molecule has 0 radical (unpaired) electrons. The van der Waals surface area contributed by atoms with Crippen LogP contribution >= 0.6 is 7.37 Å². The molecule has 0 aliphatic carbocycles. The van der Waals surface area contributed by atoms with Gasteiger partial charge in [-0.25, -0.2) is 0 Å². The van der Waals surface area contributed by atoms with Crippen molar-refractivity contribution >= 4 is 18.0 Å². The predicted octanol–water partition coefficient (Wildman–Crippen LogP) is 5.31. The van der Waals surface area contributed by atoms with E-state index in [1.165, 1.54) is 11.1 Å². The van der Waals surface area contributed by atoms with Gasteiger partial charge in [-0.3, -0.25) is 4.57 Å². The first-order valence-corrected chi connectivity index (χ1v) is 10.1. The number of aryl methyl sites for hydroxylation is 2. The zero-order valence-corrected chi connectivity index (χ0v) is 15.7. The third-order valence-electron chi connectivity index (χ3n) is 4.21. The average molecular weight is 350 g/mol. The molecule has 1 atom stereocenters. The van der Waals surface area contributed by atoms with Crippen molar-refractivity contribution in [3.8, 4) is 0 Å². The van der Waals surface area contributed by atoms with Gasteiger partial charge in [-0.1, -0.05) is 65.7 Å². The Labute approximate surface area is 149 Å². The summed E-state index contributed by atoms with van der Waals surface area (Å²) in [5.41, 5.74) is 3.41. The van der Waals surface area contributed by atoms with Gasteiger partial charge in [-0.05, 0) is 50.6 Å². The first-order chi connectivity index (χ1) is 12.0. The first-order valence-electron chi connectivity index (χ1n) is 8.47. The van der Waals surface area contributed by atoms with Gasteiger partial charge in [0.15, 0.2) is 0 Å². The van der Waals surface area contributed by atoms with Gasteiger partial charge in [0.05, 0.1) is 6.10 Å². The maximum Gasteiger partial charge on any atom is 0.261 e. The van der Waals surface area contributed by atoms with Crippen LogP contribution in [0.2, 0.25) is 0 Å². The Balaban J connectivity index is 2.03. The van der Waals surface area contributed by atoms with Crippen LogP contribution in [0, 0.1) is 13.8 Å². The van der Waals surface area contributed by atoms with E-state index in [4.69, 9.17) is 4.52 Å². The number of rotatable bonds is 5. The molecule has 0 spiro atoms. The van der Waals surface area contributed by atoms with E-state index in [-0.39, 0.29) is 6.10 Å². The normalized spacial score (nSPS) is 12.8. The Kier molecular flexibility index (Phi) is 5.22. The van der Waals surface area contributed by atoms with Crippen molar-refractivity contribution in [1.29, 1.82) is 0 Å². The van der Waals surface area contributed by atoms with Crippen LogP contribution < -0.4 is 10.6 Å². The number of hydrogen-bond donors (Lipinski definition) is 0. The summed E-state index contributed by atoms with van der Waals surface area (Å²) in [6, 6.07) is 25.3. The van der Waals surface area contributed by atoms with E-state index >= 15 is 0 Å². The molecule has 0 fully saturated rings. The highest BCUT2D eigenvalue weighted by molar-refractivity contribution is 7.74. The Morgan fingerprint density at radius 2 is 1.20 bits per heavy atom. The van der Waals surface area contributed by atoms with Gasteiger partial charge in [0.2, 0.25) is 0 Å². The van der Waals surface area contributed by atoms with Gasteiger partial charge in [0, 0.05) is 10.6 Å². The molecule has 3 aromatic rings. The molecule has 3 aromatic carbocycles. The van der Waals surface area contributed by atoms with Crippen LogP contribution in [0.25, 0.3) is 0 Å². The van der Waals surface area contributed by atoms with Crippen molar-refractivity contribution in [3.63, 3.8) is 0 Å². The fourth-order valence-corrected chi connectivity index (χ4v) is 5.29. The molecule has 3 rings (SSSR count). The summed E-state index contributed by atoms with van der Waals surface area (Å²) < 4.78 is 20.2. The van der Waals surface area contributed by atoms with E-state index in [0.717, 1.165) is 16.2 Å². The molecule has 0 heterocycles. The lowest BCUT2D eigenvalue weighted by atomic mass is 10.0. The van der Waals surface area contributed by atoms with Crippen LogP contribution in [0.1, 0.15) is 29.7 Å². The highest BCUT2D eigenvalue weighted by Gasteiger charge is 2.31. The van der Waals surface area contributed by atoms with E-state index in [1.54, 1.807) is 0 Å². The van der Waals surface area contributed by atoms with E-state index in [0.29, 0.717) is 0 Å². The minimum atomic E-state index is -3.18. The minimum absolute atomic E-state index is 0.273. The Bertz CT molecular complexity index is 825. The van der Waals surface area contributed by atoms with E-state index < -0.39 is 7.37 Å². The summed E-state index contributed by atoms with van der Waals surface area (Å²) in [7, 11) is -3.18. The minimum Gasteiger partial charge on any atom is -0.314 e. The third kappa shape index (κ3) is 3.92. The fourth-order valence-electron chi connectivity index (χ4n) is 3.05. The molecular formula is C22H23O2P.